The minimum Gasteiger partial charge on any atom is -0.378 e. The zero-order valence-electron chi connectivity index (χ0n) is 13.9. The Bertz CT molecular complexity index is 708. The number of nitrogens with zero attached hydrogens (tertiary/aromatic N) is 3. The van der Waals surface area contributed by atoms with Gasteiger partial charge in [-0.2, -0.15) is 5.10 Å². The number of para-hydroxylation sites is 1. The van der Waals surface area contributed by atoms with Crippen LogP contribution in [0.3, 0.4) is 0 Å². The highest BCUT2D eigenvalue weighted by Crippen LogP contribution is 2.19. The second-order valence-corrected chi connectivity index (χ2v) is 6.74. The van der Waals surface area contributed by atoms with Gasteiger partial charge in [0.15, 0.2) is 0 Å². The highest BCUT2D eigenvalue weighted by Gasteiger charge is 2.34. The smallest absolute Gasteiger partial charge is 0.242 e. The van der Waals surface area contributed by atoms with Gasteiger partial charge in [-0.1, -0.05) is 24.6 Å². The molecule has 2 fully saturated rings. The Morgan fingerprint density at radius 2 is 2.04 bits per heavy atom. The molecule has 24 heavy (non-hydrogen) atoms. The first kappa shape index (κ1) is 15.6. The van der Waals surface area contributed by atoms with Crippen molar-refractivity contribution >= 4 is 16.8 Å². The van der Waals surface area contributed by atoms with Crippen LogP contribution >= 0.6 is 0 Å². The van der Waals surface area contributed by atoms with Crippen molar-refractivity contribution in [2.24, 2.45) is 0 Å². The number of hydrogen-bond donors (Lipinski definition) is 1. The Balaban J connectivity index is 1.40. The predicted molar refractivity (Wildman–Crippen MR) is 91.7 cm³/mol. The largest absolute Gasteiger partial charge is 0.378 e. The van der Waals surface area contributed by atoms with Crippen molar-refractivity contribution in [1.29, 1.82) is 0 Å². The van der Waals surface area contributed by atoms with Crippen molar-refractivity contribution in [2.75, 3.05) is 26.3 Å². The van der Waals surface area contributed by atoms with E-state index in [-0.39, 0.29) is 18.5 Å². The minimum atomic E-state index is 0.00126. The SMILES string of the molecule is O=C(Cn1ncc2ccccc21)N[C@@H]1COC[C@H]1N1CCCCC1. The molecule has 0 aliphatic carbocycles. The molecule has 1 aromatic heterocycles. The molecule has 0 radical (unpaired) electrons. The summed E-state index contributed by atoms with van der Waals surface area (Å²) in [6, 6.07) is 8.34. The van der Waals surface area contributed by atoms with Crippen LogP contribution in [0.2, 0.25) is 0 Å². The summed E-state index contributed by atoms with van der Waals surface area (Å²) in [5.41, 5.74) is 0.989. The van der Waals surface area contributed by atoms with Gasteiger partial charge in [-0.05, 0) is 32.0 Å². The average molecular weight is 328 g/mol. The molecule has 6 nitrogen and oxygen atoms in total. The molecule has 0 saturated carbocycles. The van der Waals surface area contributed by atoms with Crippen LogP contribution in [-0.2, 0) is 16.1 Å². The van der Waals surface area contributed by atoms with Crippen molar-refractivity contribution in [1.82, 2.24) is 20.0 Å². The summed E-state index contributed by atoms with van der Waals surface area (Å²) >= 11 is 0. The van der Waals surface area contributed by atoms with E-state index in [0.717, 1.165) is 30.6 Å². The standard InChI is InChI=1S/C18H24N4O2/c23-18(11-22-16-7-3-2-6-14(16)10-19-22)20-15-12-24-13-17(15)21-8-4-1-5-9-21/h2-3,6-7,10,15,17H,1,4-5,8-9,11-13H2,(H,20,23)/t15-,17-/m1/s1. The van der Waals surface area contributed by atoms with Gasteiger partial charge in [0.1, 0.15) is 6.54 Å². The number of nitrogens with one attached hydrogen (secondary N) is 1. The van der Waals surface area contributed by atoms with Gasteiger partial charge in [-0.15, -0.1) is 0 Å². The van der Waals surface area contributed by atoms with Crippen molar-refractivity contribution in [3.05, 3.63) is 30.5 Å². The molecular formula is C18H24N4O2. The summed E-state index contributed by atoms with van der Waals surface area (Å²) in [7, 11) is 0. The Hall–Kier alpha value is -1.92. The van der Waals surface area contributed by atoms with Gasteiger partial charge in [0, 0.05) is 5.39 Å². The van der Waals surface area contributed by atoms with Crippen LogP contribution in [0.5, 0.6) is 0 Å². The summed E-state index contributed by atoms with van der Waals surface area (Å²) in [6.07, 6.45) is 5.61. The minimum absolute atomic E-state index is 0.00126. The molecule has 2 aliphatic heterocycles. The number of rotatable bonds is 4. The molecule has 0 unspecified atom stereocenters. The summed E-state index contributed by atoms with van der Waals surface area (Å²) < 4.78 is 7.41. The van der Waals surface area contributed by atoms with Crippen LogP contribution in [0.25, 0.3) is 10.9 Å². The number of carbonyl (C=O) groups excluding carboxylic acids is 1. The third kappa shape index (κ3) is 3.16. The van der Waals surface area contributed by atoms with Gasteiger partial charge in [0.25, 0.3) is 0 Å². The molecular weight excluding hydrogens is 304 g/mol. The molecule has 4 rings (SSSR count). The number of carbonyl (C=O) groups is 1. The first-order valence-electron chi connectivity index (χ1n) is 8.83. The third-order valence-corrected chi connectivity index (χ3v) is 5.10. The molecule has 2 aliphatic rings. The molecule has 128 valence electrons. The average Bonchev–Trinajstić information content (AvgIpc) is 3.23. The highest BCUT2D eigenvalue weighted by atomic mass is 16.5. The van der Waals surface area contributed by atoms with Crippen LogP contribution in [0.4, 0.5) is 0 Å². The maximum absolute atomic E-state index is 12.5. The van der Waals surface area contributed by atoms with E-state index in [1.165, 1.54) is 19.3 Å². The number of benzene rings is 1. The molecule has 2 saturated heterocycles. The topological polar surface area (TPSA) is 59.4 Å². The Labute approximate surface area is 141 Å². The van der Waals surface area contributed by atoms with Gasteiger partial charge in [0.2, 0.25) is 5.91 Å². The molecule has 0 spiro atoms. The van der Waals surface area contributed by atoms with Crippen LogP contribution in [0, 0.1) is 0 Å². The second-order valence-electron chi connectivity index (χ2n) is 6.74. The molecule has 1 N–H and O–H groups in total. The molecule has 6 heteroatoms. The fourth-order valence-electron chi connectivity index (χ4n) is 3.83. The lowest BCUT2D eigenvalue weighted by atomic mass is 10.0. The van der Waals surface area contributed by atoms with Gasteiger partial charge in [-0.3, -0.25) is 14.4 Å². The number of fused-ring (bicyclic) bond motifs is 1. The summed E-state index contributed by atoms with van der Waals surface area (Å²) in [5, 5.41) is 8.55. The zero-order valence-corrected chi connectivity index (χ0v) is 13.9. The fourth-order valence-corrected chi connectivity index (χ4v) is 3.83. The molecule has 1 aromatic carbocycles. The van der Waals surface area contributed by atoms with E-state index >= 15 is 0 Å². The molecule has 1 amide bonds. The maximum atomic E-state index is 12.5. The lowest BCUT2D eigenvalue weighted by molar-refractivity contribution is -0.122. The lowest BCUT2D eigenvalue weighted by Gasteiger charge is -2.34. The third-order valence-electron chi connectivity index (χ3n) is 5.10. The van der Waals surface area contributed by atoms with Crippen molar-refractivity contribution in [3.63, 3.8) is 0 Å². The Morgan fingerprint density at radius 3 is 2.92 bits per heavy atom. The van der Waals surface area contributed by atoms with Gasteiger partial charge in [0.05, 0.1) is 37.0 Å². The lowest BCUT2D eigenvalue weighted by Crippen LogP contribution is -2.53. The zero-order chi connectivity index (χ0) is 16.4. The van der Waals surface area contributed by atoms with Crippen LogP contribution < -0.4 is 5.32 Å². The van der Waals surface area contributed by atoms with E-state index in [1.54, 1.807) is 10.9 Å². The van der Waals surface area contributed by atoms with Crippen LogP contribution in [-0.4, -0.2) is 59.0 Å². The number of hydrogen-bond acceptors (Lipinski definition) is 4. The van der Waals surface area contributed by atoms with Gasteiger partial charge < -0.3 is 10.1 Å². The first-order valence-corrected chi connectivity index (χ1v) is 8.83. The van der Waals surface area contributed by atoms with E-state index in [1.807, 2.05) is 24.3 Å². The summed E-state index contributed by atoms with van der Waals surface area (Å²) in [6.45, 7) is 3.80. The number of aromatic nitrogens is 2. The number of likely N-dealkylation sites (tertiary alicyclic amines) is 1. The molecule has 2 aromatic rings. The van der Waals surface area contributed by atoms with E-state index in [4.69, 9.17) is 4.74 Å². The Morgan fingerprint density at radius 1 is 1.21 bits per heavy atom. The first-order chi connectivity index (χ1) is 11.8. The molecule has 3 heterocycles. The normalized spacial score (nSPS) is 25.2. The van der Waals surface area contributed by atoms with E-state index in [9.17, 15) is 4.79 Å². The number of piperidine rings is 1. The number of amides is 1. The summed E-state index contributed by atoms with van der Waals surface area (Å²) in [4.78, 5) is 15.0. The van der Waals surface area contributed by atoms with E-state index in [0.29, 0.717) is 12.6 Å². The summed E-state index contributed by atoms with van der Waals surface area (Å²) in [5.74, 6) is 0.00126. The van der Waals surface area contributed by atoms with E-state index in [2.05, 4.69) is 15.3 Å². The molecule has 0 bridgehead atoms. The predicted octanol–water partition coefficient (Wildman–Crippen LogP) is 1.41. The van der Waals surface area contributed by atoms with E-state index < -0.39 is 0 Å². The maximum Gasteiger partial charge on any atom is 0.242 e. The van der Waals surface area contributed by atoms with Crippen molar-refractivity contribution in [3.8, 4) is 0 Å². The van der Waals surface area contributed by atoms with Gasteiger partial charge in [-0.25, -0.2) is 0 Å². The second kappa shape index (κ2) is 6.91. The van der Waals surface area contributed by atoms with Crippen LogP contribution in [0.15, 0.2) is 30.5 Å². The highest BCUT2D eigenvalue weighted by molar-refractivity contribution is 5.82. The van der Waals surface area contributed by atoms with Gasteiger partial charge >= 0.3 is 0 Å². The fraction of sp³-hybridized carbons (Fsp3) is 0.556. The molecule has 2 atom stereocenters. The van der Waals surface area contributed by atoms with Crippen molar-refractivity contribution < 1.29 is 9.53 Å². The number of ether oxygens (including phenoxy) is 1. The monoisotopic (exact) mass is 328 g/mol. The van der Waals surface area contributed by atoms with Crippen molar-refractivity contribution in [2.45, 2.75) is 37.9 Å². The quantitative estimate of drug-likeness (QED) is 0.922. The Kier molecular flexibility index (Phi) is 4.49. The van der Waals surface area contributed by atoms with Crippen LogP contribution in [0.1, 0.15) is 19.3 Å².